The van der Waals surface area contributed by atoms with Crippen LogP contribution in [-0.2, 0) is 4.74 Å². The summed E-state index contributed by atoms with van der Waals surface area (Å²) in [6.45, 7) is 6.85. The van der Waals surface area contributed by atoms with E-state index in [1.54, 1.807) is 13.8 Å². The maximum Gasteiger partial charge on any atom is 0.341 e. The van der Waals surface area contributed by atoms with Gasteiger partial charge in [-0.25, -0.2) is 22.9 Å². The third-order valence-electron chi connectivity index (χ3n) is 6.29. The van der Waals surface area contributed by atoms with Crippen molar-refractivity contribution in [2.75, 3.05) is 37.7 Å². The number of carbonyl (C=O) groups is 1. The Bertz CT molecular complexity index is 1450. The van der Waals surface area contributed by atoms with E-state index >= 15 is 0 Å². The van der Waals surface area contributed by atoms with Crippen molar-refractivity contribution in [1.29, 1.82) is 0 Å². The van der Waals surface area contributed by atoms with Gasteiger partial charge < -0.3 is 15.0 Å². The van der Waals surface area contributed by atoms with Crippen LogP contribution in [0.2, 0.25) is 0 Å². The molecule has 0 bridgehead atoms. The molecule has 4 aromatic rings. The van der Waals surface area contributed by atoms with Crippen molar-refractivity contribution in [1.82, 2.24) is 20.5 Å². The topological polar surface area (TPSA) is 83.1 Å². The van der Waals surface area contributed by atoms with Crippen LogP contribution in [0.25, 0.3) is 33.4 Å². The number of aryl methyl sites for hydroxylation is 1. The van der Waals surface area contributed by atoms with E-state index < -0.39 is 29.0 Å². The number of ether oxygens (including phenoxy) is 1. The lowest BCUT2D eigenvalue weighted by Gasteiger charge is -2.29. The molecule has 2 aromatic heterocycles. The fourth-order valence-corrected chi connectivity index (χ4v) is 4.59. The molecule has 1 aliphatic heterocycles. The standard InChI is InChI=1S/C26H24F3N5O2/c1-3-36-26(35)22-20(15-4-6-16(7-5-15)34-12-10-30-11-13-34)19-14(2)32-33-25(19)31-24(22)21-17(27)8-9-18(28)23(21)29/h4-9,30H,3,10-13H2,1-2H3,(H,31,32,33). The maximum atomic E-state index is 14.9. The van der Waals surface area contributed by atoms with Crippen LogP contribution < -0.4 is 10.2 Å². The predicted molar refractivity (Wildman–Crippen MR) is 130 cm³/mol. The summed E-state index contributed by atoms with van der Waals surface area (Å²) in [6.07, 6.45) is 0. The summed E-state index contributed by atoms with van der Waals surface area (Å²) in [5.41, 5.74) is 1.45. The number of aromatic amines is 1. The normalized spacial score (nSPS) is 13.9. The Labute approximate surface area is 205 Å². The molecule has 36 heavy (non-hydrogen) atoms. The number of pyridine rings is 1. The number of anilines is 1. The molecule has 0 unspecified atom stereocenters. The third kappa shape index (κ3) is 4.07. The zero-order chi connectivity index (χ0) is 25.4. The van der Waals surface area contributed by atoms with Crippen LogP contribution in [0, 0.1) is 24.4 Å². The molecular formula is C26H24F3N5O2. The van der Waals surface area contributed by atoms with E-state index in [0.29, 0.717) is 28.3 Å². The van der Waals surface area contributed by atoms with Crippen molar-refractivity contribution < 1.29 is 22.7 Å². The Balaban J connectivity index is 1.80. The number of benzene rings is 2. The average Bonchev–Trinajstić information content (AvgIpc) is 3.26. The van der Waals surface area contributed by atoms with Crippen molar-refractivity contribution in [2.45, 2.75) is 13.8 Å². The summed E-state index contributed by atoms with van der Waals surface area (Å²) < 4.78 is 49.3. The van der Waals surface area contributed by atoms with E-state index in [-0.39, 0.29) is 23.5 Å². The number of esters is 1. The van der Waals surface area contributed by atoms with E-state index in [0.717, 1.165) is 37.9 Å². The van der Waals surface area contributed by atoms with Gasteiger partial charge in [-0.1, -0.05) is 12.1 Å². The molecule has 1 saturated heterocycles. The monoisotopic (exact) mass is 495 g/mol. The average molecular weight is 496 g/mol. The number of hydrogen-bond donors (Lipinski definition) is 2. The van der Waals surface area contributed by atoms with Crippen LogP contribution in [0.15, 0.2) is 36.4 Å². The highest BCUT2D eigenvalue weighted by Gasteiger charge is 2.30. The number of halogens is 3. The summed E-state index contributed by atoms with van der Waals surface area (Å²) in [4.78, 5) is 19.9. The van der Waals surface area contributed by atoms with E-state index in [2.05, 4.69) is 25.4 Å². The van der Waals surface area contributed by atoms with Gasteiger partial charge in [0.2, 0.25) is 0 Å². The van der Waals surface area contributed by atoms with E-state index in [1.807, 2.05) is 24.3 Å². The number of hydrogen-bond acceptors (Lipinski definition) is 6. The Kier molecular flexibility index (Phi) is 6.36. The molecule has 1 fully saturated rings. The second-order valence-electron chi connectivity index (χ2n) is 8.47. The number of aromatic nitrogens is 3. The first-order valence-electron chi connectivity index (χ1n) is 11.7. The van der Waals surface area contributed by atoms with Gasteiger partial charge in [0.05, 0.1) is 34.5 Å². The first kappa shape index (κ1) is 23.8. The summed E-state index contributed by atoms with van der Waals surface area (Å²) in [7, 11) is 0. The van der Waals surface area contributed by atoms with Crippen molar-refractivity contribution in [3.63, 3.8) is 0 Å². The zero-order valence-corrected chi connectivity index (χ0v) is 19.8. The van der Waals surface area contributed by atoms with Gasteiger partial charge in [0.25, 0.3) is 0 Å². The maximum absolute atomic E-state index is 14.9. The molecule has 10 heteroatoms. The summed E-state index contributed by atoms with van der Waals surface area (Å²) in [5, 5.41) is 10.8. The SMILES string of the molecule is CCOC(=O)c1c(-c2c(F)ccc(F)c2F)nc2[nH]nc(C)c2c1-c1ccc(N2CCNCC2)cc1. The fourth-order valence-electron chi connectivity index (χ4n) is 4.59. The molecule has 2 N–H and O–H groups in total. The molecule has 186 valence electrons. The lowest BCUT2D eigenvalue weighted by Crippen LogP contribution is -2.43. The number of rotatable bonds is 5. The van der Waals surface area contributed by atoms with Gasteiger partial charge in [-0.2, -0.15) is 5.10 Å². The van der Waals surface area contributed by atoms with Crippen molar-refractivity contribution in [2.24, 2.45) is 0 Å². The van der Waals surface area contributed by atoms with Gasteiger partial charge in [0, 0.05) is 37.4 Å². The highest BCUT2D eigenvalue weighted by atomic mass is 19.2. The van der Waals surface area contributed by atoms with Crippen molar-refractivity contribution >= 4 is 22.7 Å². The van der Waals surface area contributed by atoms with Crippen LogP contribution in [0.4, 0.5) is 18.9 Å². The van der Waals surface area contributed by atoms with Crippen LogP contribution in [0.5, 0.6) is 0 Å². The van der Waals surface area contributed by atoms with E-state index in [9.17, 15) is 18.0 Å². The highest BCUT2D eigenvalue weighted by Crippen LogP contribution is 2.40. The summed E-state index contributed by atoms with van der Waals surface area (Å²) >= 11 is 0. The summed E-state index contributed by atoms with van der Waals surface area (Å²) in [6, 6.07) is 9.02. The second-order valence-corrected chi connectivity index (χ2v) is 8.47. The molecule has 0 atom stereocenters. The first-order chi connectivity index (χ1) is 17.4. The van der Waals surface area contributed by atoms with Gasteiger partial charge in [0.15, 0.2) is 17.3 Å². The molecule has 3 heterocycles. The number of nitrogens with zero attached hydrogens (tertiary/aromatic N) is 3. The lowest BCUT2D eigenvalue weighted by atomic mass is 9.92. The fraction of sp³-hybridized carbons (Fsp3) is 0.269. The molecule has 1 aliphatic rings. The molecule has 0 radical (unpaired) electrons. The largest absolute Gasteiger partial charge is 0.462 e. The molecule has 5 rings (SSSR count). The van der Waals surface area contributed by atoms with Crippen LogP contribution in [0.3, 0.4) is 0 Å². The first-order valence-corrected chi connectivity index (χ1v) is 11.7. The van der Waals surface area contributed by atoms with Gasteiger partial charge in [0.1, 0.15) is 5.82 Å². The highest BCUT2D eigenvalue weighted by molar-refractivity contribution is 6.11. The predicted octanol–water partition coefficient (Wildman–Crippen LogP) is 4.60. The molecule has 0 aliphatic carbocycles. The smallest absolute Gasteiger partial charge is 0.341 e. The van der Waals surface area contributed by atoms with Crippen LogP contribution in [0.1, 0.15) is 23.0 Å². The number of fused-ring (bicyclic) bond motifs is 1. The quantitative estimate of drug-likeness (QED) is 0.311. The summed E-state index contributed by atoms with van der Waals surface area (Å²) in [5.74, 6) is -4.58. The molecule has 0 saturated carbocycles. The number of nitrogens with one attached hydrogen (secondary N) is 2. The van der Waals surface area contributed by atoms with Gasteiger partial charge in [-0.05, 0) is 43.7 Å². The molecule has 0 amide bonds. The van der Waals surface area contributed by atoms with Gasteiger partial charge >= 0.3 is 5.97 Å². The molecular weight excluding hydrogens is 471 g/mol. The lowest BCUT2D eigenvalue weighted by molar-refractivity contribution is 0.0528. The molecule has 2 aromatic carbocycles. The van der Waals surface area contributed by atoms with Gasteiger partial charge in [-0.3, -0.25) is 5.10 Å². The van der Waals surface area contributed by atoms with Crippen molar-refractivity contribution in [3.8, 4) is 22.4 Å². The Morgan fingerprint density at radius 3 is 2.42 bits per heavy atom. The number of carbonyl (C=O) groups excluding carboxylic acids is 1. The molecule has 7 nitrogen and oxygen atoms in total. The Morgan fingerprint density at radius 1 is 1.03 bits per heavy atom. The third-order valence-corrected chi connectivity index (χ3v) is 6.29. The second kappa shape index (κ2) is 9.62. The van der Waals surface area contributed by atoms with E-state index in [1.165, 1.54) is 0 Å². The minimum absolute atomic E-state index is 0.0240. The number of piperazine rings is 1. The van der Waals surface area contributed by atoms with Crippen molar-refractivity contribution in [3.05, 3.63) is 65.1 Å². The van der Waals surface area contributed by atoms with Crippen LogP contribution in [-0.4, -0.2) is 53.9 Å². The minimum atomic E-state index is -1.44. The Hall–Kier alpha value is -3.92. The number of H-pyrrole nitrogens is 1. The minimum Gasteiger partial charge on any atom is -0.462 e. The van der Waals surface area contributed by atoms with Crippen LogP contribution >= 0.6 is 0 Å². The van der Waals surface area contributed by atoms with E-state index in [4.69, 9.17) is 4.74 Å². The Morgan fingerprint density at radius 2 is 1.72 bits per heavy atom. The molecule has 0 spiro atoms. The zero-order valence-electron chi connectivity index (χ0n) is 19.8. The van der Waals surface area contributed by atoms with Gasteiger partial charge in [-0.15, -0.1) is 0 Å².